The van der Waals surface area contributed by atoms with E-state index in [4.69, 9.17) is 28.9 Å². The Morgan fingerprint density at radius 2 is 2.25 bits per heavy atom. The first-order valence-electron chi connectivity index (χ1n) is 5.44. The molecule has 3 nitrogen and oxygen atoms in total. The smallest absolute Gasteiger partial charge is 0.129 e. The Balaban J connectivity index is 2.05. The highest BCUT2D eigenvalue weighted by Crippen LogP contribution is 2.20. The van der Waals surface area contributed by atoms with E-state index in [1.165, 1.54) is 0 Å². The highest BCUT2D eigenvalue weighted by molar-refractivity contribution is 6.32. The lowest BCUT2D eigenvalue weighted by Gasteiger charge is -2.30. The van der Waals surface area contributed by atoms with Gasteiger partial charge in [-0.3, -0.25) is 4.90 Å². The predicted octanol–water partition coefficient (Wildman–Crippen LogP) is 2.31. The molecule has 0 aromatic carbocycles. The second-order valence-electron chi connectivity index (χ2n) is 4.20. The van der Waals surface area contributed by atoms with E-state index in [2.05, 4.69) is 9.88 Å². The molecule has 0 aliphatic carbocycles. The van der Waals surface area contributed by atoms with Gasteiger partial charge in [0.05, 0.1) is 10.7 Å². The fraction of sp³-hybridized carbons (Fsp3) is 0.545. The van der Waals surface area contributed by atoms with Crippen molar-refractivity contribution < 1.29 is 0 Å². The molecule has 2 N–H and O–H groups in total. The van der Waals surface area contributed by atoms with Crippen LogP contribution in [0.25, 0.3) is 0 Å². The first-order valence-corrected chi connectivity index (χ1v) is 6.19. The van der Waals surface area contributed by atoms with Crippen LogP contribution in [-0.4, -0.2) is 29.0 Å². The van der Waals surface area contributed by atoms with Crippen LogP contribution in [0, 0.1) is 0 Å². The number of nitrogens with two attached hydrogens (primary N) is 1. The Morgan fingerprint density at radius 3 is 3.00 bits per heavy atom. The van der Waals surface area contributed by atoms with Gasteiger partial charge in [0.15, 0.2) is 0 Å². The molecule has 0 spiro atoms. The Bertz CT molecular complexity index is 370. The summed E-state index contributed by atoms with van der Waals surface area (Å²) in [7, 11) is 0. The van der Waals surface area contributed by atoms with Crippen LogP contribution in [0.1, 0.15) is 18.5 Å². The third-order valence-corrected chi connectivity index (χ3v) is 3.35. The van der Waals surface area contributed by atoms with Gasteiger partial charge in [-0.25, -0.2) is 4.98 Å². The van der Waals surface area contributed by atoms with Gasteiger partial charge in [0.2, 0.25) is 0 Å². The topological polar surface area (TPSA) is 42.1 Å². The third-order valence-electron chi connectivity index (χ3n) is 2.80. The van der Waals surface area contributed by atoms with Crippen molar-refractivity contribution >= 4 is 23.2 Å². The summed E-state index contributed by atoms with van der Waals surface area (Å²) in [5.41, 5.74) is 6.76. The zero-order valence-electron chi connectivity index (χ0n) is 9.00. The maximum Gasteiger partial charge on any atom is 0.129 e. The molecule has 1 aromatic heterocycles. The van der Waals surface area contributed by atoms with Gasteiger partial charge in [-0.05, 0) is 31.5 Å². The van der Waals surface area contributed by atoms with Gasteiger partial charge in [-0.15, -0.1) is 0 Å². The first-order chi connectivity index (χ1) is 7.65. The second kappa shape index (κ2) is 5.32. The number of pyridine rings is 1. The van der Waals surface area contributed by atoms with Crippen LogP contribution in [0.5, 0.6) is 0 Å². The number of hydrogen-bond acceptors (Lipinski definition) is 3. The average Bonchev–Trinajstić information content (AvgIpc) is 2.24. The normalized spacial score (nSPS) is 22.3. The lowest BCUT2D eigenvalue weighted by molar-refractivity contribution is 0.199. The van der Waals surface area contributed by atoms with Crippen LogP contribution in [0.2, 0.25) is 10.2 Å². The van der Waals surface area contributed by atoms with Gasteiger partial charge in [0.1, 0.15) is 5.15 Å². The molecule has 1 unspecified atom stereocenters. The second-order valence-corrected chi connectivity index (χ2v) is 4.99. The molecule has 5 heteroatoms. The summed E-state index contributed by atoms with van der Waals surface area (Å²) in [6.07, 6.45) is 2.24. The molecule has 0 bridgehead atoms. The van der Waals surface area contributed by atoms with Crippen molar-refractivity contribution in [2.24, 2.45) is 5.73 Å². The molecule has 1 aliphatic rings. The number of halogens is 2. The standard InChI is InChI=1S/C11H15Cl2N3/c12-9-3-4-11(13)15-10(9)7-16-5-1-2-8(14)6-16/h3-4,8H,1-2,5-7,14H2. The van der Waals surface area contributed by atoms with Crippen LogP contribution < -0.4 is 5.73 Å². The Morgan fingerprint density at radius 1 is 1.44 bits per heavy atom. The van der Waals surface area contributed by atoms with Gasteiger partial charge in [-0.2, -0.15) is 0 Å². The van der Waals surface area contributed by atoms with Gasteiger partial charge in [0, 0.05) is 19.1 Å². The van der Waals surface area contributed by atoms with E-state index in [9.17, 15) is 0 Å². The van der Waals surface area contributed by atoms with E-state index in [1.54, 1.807) is 12.1 Å². The van der Waals surface area contributed by atoms with Crippen molar-refractivity contribution in [3.05, 3.63) is 28.0 Å². The summed E-state index contributed by atoms with van der Waals surface area (Å²) in [6.45, 7) is 2.69. The fourth-order valence-corrected chi connectivity index (χ4v) is 2.35. The molecule has 0 saturated carbocycles. The molecule has 2 heterocycles. The van der Waals surface area contributed by atoms with Crippen LogP contribution >= 0.6 is 23.2 Å². The fourth-order valence-electron chi connectivity index (χ4n) is 2.02. The van der Waals surface area contributed by atoms with E-state index < -0.39 is 0 Å². The summed E-state index contributed by atoms with van der Waals surface area (Å²) >= 11 is 11.9. The number of rotatable bonds is 2. The Kier molecular flexibility index (Phi) is 4.03. The molecule has 1 saturated heterocycles. The zero-order valence-corrected chi connectivity index (χ0v) is 10.5. The summed E-state index contributed by atoms with van der Waals surface area (Å²) < 4.78 is 0. The summed E-state index contributed by atoms with van der Waals surface area (Å²) in [5.74, 6) is 0. The lowest BCUT2D eigenvalue weighted by Crippen LogP contribution is -2.42. The minimum atomic E-state index is 0.270. The van der Waals surface area contributed by atoms with Crippen LogP contribution in [0.3, 0.4) is 0 Å². The molecule has 0 radical (unpaired) electrons. The number of hydrogen-bond donors (Lipinski definition) is 1. The Labute approximate surface area is 106 Å². The number of piperidine rings is 1. The zero-order chi connectivity index (χ0) is 11.5. The van der Waals surface area contributed by atoms with E-state index in [0.29, 0.717) is 10.2 Å². The largest absolute Gasteiger partial charge is 0.327 e. The van der Waals surface area contributed by atoms with Crippen molar-refractivity contribution in [1.82, 2.24) is 9.88 Å². The monoisotopic (exact) mass is 259 g/mol. The first kappa shape index (κ1) is 12.1. The maximum absolute atomic E-state index is 6.07. The molecule has 2 rings (SSSR count). The summed E-state index contributed by atoms with van der Waals surface area (Å²) in [5, 5.41) is 1.16. The van der Waals surface area contributed by atoms with Crippen LogP contribution in [0.15, 0.2) is 12.1 Å². The van der Waals surface area contributed by atoms with E-state index in [1.807, 2.05) is 0 Å². The van der Waals surface area contributed by atoms with E-state index in [0.717, 1.165) is 38.2 Å². The molecular weight excluding hydrogens is 245 g/mol. The molecule has 1 aliphatic heterocycles. The molecule has 1 aromatic rings. The minimum absolute atomic E-state index is 0.270. The van der Waals surface area contributed by atoms with Crippen molar-refractivity contribution in [2.75, 3.05) is 13.1 Å². The number of nitrogens with zero attached hydrogens (tertiary/aromatic N) is 2. The molecule has 16 heavy (non-hydrogen) atoms. The molecule has 0 amide bonds. The minimum Gasteiger partial charge on any atom is -0.327 e. The van der Waals surface area contributed by atoms with Gasteiger partial charge in [-0.1, -0.05) is 23.2 Å². The van der Waals surface area contributed by atoms with E-state index in [-0.39, 0.29) is 6.04 Å². The highest BCUT2D eigenvalue weighted by atomic mass is 35.5. The van der Waals surface area contributed by atoms with Crippen LogP contribution in [0.4, 0.5) is 0 Å². The van der Waals surface area contributed by atoms with Crippen molar-refractivity contribution in [3.63, 3.8) is 0 Å². The molecule has 1 fully saturated rings. The molecule has 1 atom stereocenters. The Hall–Kier alpha value is -0.350. The SMILES string of the molecule is NC1CCCN(Cc2nc(Cl)ccc2Cl)C1. The molecular formula is C11H15Cl2N3. The lowest BCUT2D eigenvalue weighted by atomic mass is 10.1. The predicted molar refractivity (Wildman–Crippen MR) is 66.7 cm³/mol. The van der Waals surface area contributed by atoms with Crippen LogP contribution in [-0.2, 0) is 6.54 Å². The molecule has 88 valence electrons. The van der Waals surface area contributed by atoms with Crippen molar-refractivity contribution in [2.45, 2.75) is 25.4 Å². The summed E-state index contributed by atoms with van der Waals surface area (Å²) in [4.78, 5) is 6.52. The van der Waals surface area contributed by atoms with Gasteiger partial charge in [0.25, 0.3) is 0 Å². The number of likely N-dealkylation sites (tertiary alicyclic amines) is 1. The maximum atomic E-state index is 6.07. The van der Waals surface area contributed by atoms with Crippen molar-refractivity contribution in [1.29, 1.82) is 0 Å². The highest BCUT2D eigenvalue weighted by Gasteiger charge is 2.18. The average molecular weight is 260 g/mol. The van der Waals surface area contributed by atoms with Gasteiger partial charge < -0.3 is 5.73 Å². The quantitative estimate of drug-likeness (QED) is 0.830. The summed E-state index contributed by atoms with van der Waals surface area (Å²) in [6, 6.07) is 3.76. The van der Waals surface area contributed by atoms with Crippen molar-refractivity contribution in [3.8, 4) is 0 Å². The third kappa shape index (κ3) is 3.08. The van der Waals surface area contributed by atoms with E-state index >= 15 is 0 Å². The number of aromatic nitrogens is 1. The van der Waals surface area contributed by atoms with Gasteiger partial charge >= 0.3 is 0 Å².